The largest absolute Gasteiger partial charge is 0.269 e. The van der Waals surface area contributed by atoms with Crippen molar-refractivity contribution in [3.63, 3.8) is 0 Å². The van der Waals surface area contributed by atoms with Gasteiger partial charge in [0.05, 0.1) is 9.75 Å². The van der Waals surface area contributed by atoms with Crippen LogP contribution < -0.4 is 0 Å². The van der Waals surface area contributed by atoms with E-state index in [2.05, 4.69) is 15.9 Å². The number of hydrogen-bond acceptors (Lipinski definition) is 2. The Balaban J connectivity index is 2.24. The minimum Gasteiger partial charge on any atom is -0.258 e. The topological polar surface area (TPSA) is 43.1 Å². The van der Waals surface area contributed by atoms with E-state index in [0.29, 0.717) is 0 Å². The summed E-state index contributed by atoms with van der Waals surface area (Å²) in [6.07, 6.45) is 0. The van der Waals surface area contributed by atoms with E-state index in [1.807, 2.05) is 30.3 Å². The van der Waals surface area contributed by atoms with Gasteiger partial charge in [-0.3, -0.25) is 10.1 Å². The molecule has 0 amide bonds. The number of nitro groups is 1. The highest BCUT2D eigenvalue weighted by atomic mass is 79.9. The van der Waals surface area contributed by atoms with Crippen molar-refractivity contribution in [2.75, 3.05) is 0 Å². The van der Waals surface area contributed by atoms with Crippen molar-refractivity contribution in [1.29, 1.82) is 0 Å². The van der Waals surface area contributed by atoms with Crippen molar-refractivity contribution >= 4 is 21.6 Å². The first-order chi connectivity index (χ1) is 8.18. The number of hydrogen-bond donors (Lipinski definition) is 0. The number of non-ortho nitro benzene ring substituents is 1. The van der Waals surface area contributed by atoms with Crippen LogP contribution in [-0.2, 0) is 0 Å². The Morgan fingerprint density at radius 3 is 2.53 bits per heavy atom. The molecule has 3 nitrogen and oxygen atoms in total. The van der Waals surface area contributed by atoms with Gasteiger partial charge >= 0.3 is 0 Å². The highest BCUT2D eigenvalue weighted by Crippen LogP contribution is 2.48. The molecule has 0 saturated carbocycles. The molecule has 0 radical (unpaired) electrons. The number of nitro benzene ring substituents is 1. The quantitative estimate of drug-likeness (QED) is 0.451. The van der Waals surface area contributed by atoms with Crippen molar-refractivity contribution in [2.24, 2.45) is 0 Å². The van der Waals surface area contributed by atoms with E-state index >= 15 is 0 Å². The zero-order valence-electron chi connectivity index (χ0n) is 8.76. The maximum atomic E-state index is 10.8. The molecular weight excluding hydrogens is 282 g/mol. The van der Waals surface area contributed by atoms with Crippen LogP contribution in [0.15, 0.2) is 42.5 Å². The summed E-state index contributed by atoms with van der Waals surface area (Å²) in [6, 6.07) is 13.1. The summed E-state index contributed by atoms with van der Waals surface area (Å²) >= 11 is 3.60. The lowest BCUT2D eigenvalue weighted by Gasteiger charge is -2.03. The molecule has 3 rings (SSSR count). The molecule has 0 bridgehead atoms. The van der Waals surface area contributed by atoms with Crippen molar-refractivity contribution < 1.29 is 4.92 Å². The van der Waals surface area contributed by atoms with E-state index in [1.165, 1.54) is 5.56 Å². The van der Waals surface area contributed by atoms with Gasteiger partial charge in [-0.1, -0.05) is 40.2 Å². The predicted molar refractivity (Wildman–Crippen MR) is 69.3 cm³/mol. The maximum Gasteiger partial charge on any atom is 0.269 e. The third-order valence-electron chi connectivity index (χ3n) is 3.04. The lowest BCUT2D eigenvalue weighted by atomic mass is 10.1. The van der Waals surface area contributed by atoms with Gasteiger partial charge in [-0.2, -0.15) is 0 Å². The summed E-state index contributed by atoms with van der Waals surface area (Å²) in [5.41, 5.74) is 4.51. The fraction of sp³-hybridized carbons (Fsp3) is 0.0769. The number of nitrogens with zero attached hydrogens (tertiary/aromatic N) is 1. The predicted octanol–water partition coefficient (Wildman–Crippen LogP) is 4.06. The molecule has 0 N–H and O–H groups in total. The molecule has 4 heteroatoms. The van der Waals surface area contributed by atoms with Gasteiger partial charge in [0.1, 0.15) is 0 Å². The number of benzene rings is 2. The Hall–Kier alpha value is -1.68. The lowest BCUT2D eigenvalue weighted by Crippen LogP contribution is -1.91. The highest BCUT2D eigenvalue weighted by Gasteiger charge is 2.27. The first kappa shape index (κ1) is 10.5. The summed E-state index contributed by atoms with van der Waals surface area (Å²) < 4.78 is 0. The van der Waals surface area contributed by atoms with Crippen molar-refractivity contribution in [1.82, 2.24) is 0 Å². The van der Waals surface area contributed by atoms with Crippen LogP contribution in [0.4, 0.5) is 5.69 Å². The fourth-order valence-corrected chi connectivity index (χ4v) is 3.03. The van der Waals surface area contributed by atoms with Crippen LogP contribution >= 0.6 is 15.9 Å². The Morgan fingerprint density at radius 2 is 1.76 bits per heavy atom. The minimum absolute atomic E-state index is 0.0496. The fourth-order valence-electron chi connectivity index (χ4n) is 2.25. The summed E-state index contributed by atoms with van der Waals surface area (Å²) in [4.78, 5) is 10.5. The van der Waals surface area contributed by atoms with Crippen LogP contribution in [0.1, 0.15) is 16.0 Å². The van der Waals surface area contributed by atoms with E-state index in [4.69, 9.17) is 0 Å². The Labute approximate surface area is 106 Å². The first-order valence-corrected chi connectivity index (χ1v) is 6.12. The number of fused-ring (bicyclic) bond motifs is 3. The zero-order valence-corrected chi connectivity index (χ0v) is 10.3. The van der Waals surface area contributed by atoms with Crippen LogP contribution in [0.25, 0.3) is 11.1 Å². The summed E-state index contributed by atoms with van der Waals surface area (Å²) in [5, 5.41) is 10.8. The van der Waals surface area contributed by atoms with Gasteiger partial charge in [0.15, 0.2) is 0 Å². The van der Waals surface area contributed by atoms with Gasteiger partial charge in [-0.15, -0.1) is 0 Å². The SMILES string of the molecule is O=[N+]([O-])c1ccc2c(c1)[C@H](Br)c1ccccc1-2. The van der Waals surface area contributed by atoms with Crippen LogP contribution in [-0.4, -0.2) is 4.92 Å². The second kappa shape index (κ2) is 3.67. The van der Waals surface area contributed by atoms with Crippen LogP contribution in [0.3, 0.4) is 0 Å². The number of halogens is 1. The highest BCUT2D eigenvalue weighted by molar-refractivity contribution is 9.09. The van der Waals surface area contributed by atoms with Crippen LogP contribution in [0.2, 0.25) is 0 Å². The maximum absolute atomic E-state index is 10.8. The van der Waals surface area contributed by atoms with Gasteiger partial charge in [-0.05, 0) is 28.3 Å². The smallest absolute Gasteiger partial charge is 0.258 e. The average molecular weight is 290 g/mol. The van der Waals surface area contributed by atoms with Crippen molar-refractivity contribution in [3.05, 3.63) is 63.7 Å². The molecule has 1 atom stereocenters. The minimum atomic E-state index is -0.358. The lowest BCUT2D eigenvalue weighted by molar-refractivity contribution is -0.384. The molecule has 0 spiro atoms. The normalized spacial score (nSPS) is 16.4. The zero-order chi connectivity index (χ0) is 12.0. The standard InChI is InChI=1S/C13H8BrNO2/c14-13-11-4-2-1-3-9(11)10-6-5-8(15(16)17)7-12(10)13/h1-7,13H/t13-/m1/s1. The molecule has 2 aromatic rings. The van der Waals surface area contributed by atoms with E-state index in [0.717, 1.165) is 16.7 Å². The summed E-state index contributed by atoms with van der Waals surface area (Å²) in [6.45, 7) is 0. The van der Waals surface area contributed by atoms with E-state index < -0.39 is 0 Å². The Kier molecular flexibility index (Phi) is 2.26. The molecule has 2 aromatic carbocycles. The van der Waals surface area contributed by atoms with Crippen molar-refractivity contribution in [3.8, 4) is 11.1 Å². The van der Waals surface area contributed by atoms with Crippen LogP contribution in [0.5, 0.6) is 0 Å². The second-order valence-electron chi connectivity index (χ2n) is 3.98. The van der Waals surface area contributed by atoms with Crippen LogP contribution in [0, 0.1) is 10.1 Å². The monoisotopic (exact) mass is 289 g/mol. The molecule has 1 aliphatic carbocycles. The molecule has 0 heterocycles. The molecule has 17 heavy (non-hydrogen) atoms. The molecule has 0 fully saturated rings. The summed E-state index contributed by atoms with van der Waals surface area (Å²) in [7, 11) is 0. The first-order valence-electron chi connectivity index (χ1n) is 5.20. The second-order valence-corrected chi connectivity index (χ2v) is 4.89. The summed E-state index contributed by atoms with van der Waals surface area (Å²) in [5.74, 6) is 0. The van der Waals surface area contributed by atoms with E-state index in [1.54, 1.807) is 12.1 Å². The molecule has 1 aliphatic rings. The number of alkyl halides is 1. The van der Waals surface area contributed by atoms with Gasteiger partial charge in [0, 0.05) is 12.1 Å². The molecule has 0 unspecified atom stereocenters. The Morgan fingerprint density at radius 1 is 1.06 bits per heavy atom. The van der Waals surface area contributed by atoms with Gasteiger partial charge in [-0.25, -0.2) is 0 Å². The van der Waals surface area contributed by atoms with Gasteiger partial charge in [0.25, 0.3) is 5.69 Å². The molecule has 0 aromatic heterocycles. The number of rotatable bonds is 1. The van der Waals surface area contributed by atoms with Crippen molar-refractivity contribution in [2.45, 2.75) is 4.83 Å². The molecule has 84 valence electrons. The van der Waals surface area contributed by atoms with E-state index in [-0.39, 0.29) is 15.4 Å². The Bertz CT molecular complexity index is 625. The molecule has 0 aliphatic heterocycles. The molecular formula is C13H8BrNO2. The third-order valence-corrected chi connectivity index (χ3v) is 4.03. The van der Waals surface area contributed by atoms with Gasteiger partial charge in [0.2, 0.25) is 0 Å². The van der Waals surface area contributed by atoms with Gasteiger partial charge < -0.3 is 0 Å². The third kappa shape index (κ3) is 1.48. The average Bonchev–Trinajstić information content (AvgIpc) is 2.64. The van der Waals surface area contributed by atoms with E-state index in [9.17, 15) is 10.1 Å². The molecule has 0 saturated heterocycles.